The third-order valence-corrected chi connectivity index (χ3v) is 5.11. The van der Waals surface area contributed by atoms with Gasteiger partial charge in [-0.2, -0.15) is 0 Å². The van der Waals surface area contributed by atoms with Crippen molar-refractivity contribution >= 4 is 0 Å². The second-order valence-corrected chi connectivity index (χ2v) is 7.27. The lowest BCUT2D eigenvalue weighted by molar-refractivity contribution is 0.0611. The SMILES string of the molecule is COCCN(CC1(CNC2CC2)CCCCC1)C(C)C. The third-order valence-electron chi connectivity index (χ3n) is 5.11. The van der Waals surface area contributed by atoms with Gasteiger partial charge in [-0.05, 0) is 44.9 Å². The molecular weight excluding hydrogens is 248 g/mol. The van der Waals surface area contributed by atoms with E-state index in [1.165, 1.54) is 58.0 Å². The van der Waals surface area contributed by atoms with Gasteiger partial charge in [0.15, 0.2) is 0 Å². The van der Waals surface area contributed by atoms with Crippen molar-refractivity contribution in [3.05, 3.63) is 0 Å². The molecule has 2 rings (SSSR count). The first kappa shape index (κ1) is 16.3. The molecule has 1 N–H and O–H groups in total. The van der Waals surface area contributed by atoms with E-state index in [-0.39, 0.29) is 0 Å². The second kappa shape index (κ2) is 7.77. The van der Waals surface area contributed by atoms with E-state index in [1.54, 1.807) is 0 Å². The number of hydrogen-bond acceptors (Lipinski definition) is 3. The van der Waals surface area contributed by atoms with E-state index in [1.807, 2.05) is 7.11 Å². The van der Waals surface area contributed by atoms with Crippen LogP contribution in [0.3, 0.4) is 0 Å². The lowest BCUT2D eigenvalue weighted by atomic mass is 9.73. The number of hydrogen-bond donors (Lipinski definition) is 1. The van der Waals surface area contributed by atoms with Crippen LogP contribution in [-0.4, -0.2) is 50.3 Å². The first-order chi connectivity index (χ1) is 9.65. The Hall–Kier alpha value is -0.120. The molecule has 0 aromatic carbocycles. The van der Waals surface area contributed by atoms with Gasteiger partial charge in [0.1, 0.15) is 0 Å². The van der Waals surface area contributed by atoms with Crippen molar-refractivity contribution in [1.82, 2.24) is 10.2 Å². The topological polar surface area (TPSA) is 24.5 Å². The third kappa shape index (κ3) is 5.01. The standard InChI is InChI=1S/C17H34N2O/c1-15(2)19(11-12-20-3)14-17(9-5-4-6-10-17)13-18-16-7-8-16/h15-16,18H,4-14H2,1-3H3. The van der Waals surface area contributed by atoms with Crippen molar-refractivity contribution in [2.75, 3.05) is 33.4 Å². The maximum absolute atomic E-state index is 5.30. The highest BCUT2D eigenvalue weighted by Gasteiger charge is 2.36. The van der Waals surface area contributed by atoms with Gasteiger partial charge in [0.25, 0.3) is 0 Å². The predicted octanol–water partition coefficient (Wildman–Crippen LogP) is 3.05. The molecule has 118 valence electrons. The predicted molar refractivity (Wildman–Crippen MR) is 85.1 cm³/mol. The van der Waals surface area contributed by atoms with E-state index in [2.05, 4.69) is 24.1 Å². The molecule has 0 amide bonds. The van der Waals surface area contributed by atoms with Crippen molar-refractivity contribution in [1.29, 1.82) is 0 Å². The Kier molecular flexibility index (Phi) is 6.31. The van der Waals surface area contributed by atoms with Gasteiger partial charge < -0.3 is 10.1 Å². The molecule has 2 saturated carbocycles. The second-order valence-electron chi connectivity index (χ2n) is 7.27. The summed E-state index contributed by atoms with van der Waals surface area (Å²) < 4.78 is 5.30. The van der Waals surface area contributed by atoms with Crippen molar-refractivity contribution in [3.8, 4) is 0 Å². The summed E-state index contributed by atoms with van der Waals surface area (Å²) in [6.45, 7) is 9.03. The molecule has 2 aliphatic rings. The Morgan fingerprint density at radius 2 is 1.90 bits per heavy atom. The Balaban J connectivity index is 1.92. The zero-order valence-electron chi connectivity index (χ0n) is 13.8. The molecule has 3 heteroatoms. The fraction of sp³-hybridized carbons (Fsp3) is 1.00. The van der Waals surface area contributed by atoms with Crippen molar-refractivity contribution in [2.24, 2.45) is 5.41 Å². The van der Waals surface area contributed by atoms with Crippen molar-refractivity contribution in [3.63, 3.8) is 0 Å². The molecule has 0 saturated heterocycles. The minimum absolute atomic E-state index is 0.513. The van der Waals surface area contributed by atoms with Crippen molar-refractivity contribution < 1.29 is 4.74 Å². The van der Waals surface area contributed by atoms with Gasteiger partial charge in [-0.15, -0.1) is 0 Å². The molecule has 0 bridgehead atoms. The number of nitrogens with one attached hydrogen (secondary N) is 1. The molecule has 20 heavy (non-hydrogen) atoms. The summed E-state index contributed by atoms with van der Waals surface area (Å²) in [6.07, 6.45) is 9.88. The highest BCUT2D eigenvalue weighted by atomic mass is 16.5. The normalized spacial score (nSPS) is 22.6. The van der Waals surface area contributed by atoms with Crippen LogP contribution < -0.4 is 5.32 Å². The summed E-state index contributed by atoms with van der Waals surface area (Å²) in [5, 5.41) is 3.81. The summed E-state index contributed by atoms with van der Waals surface area (Å²) in [6, 6.07) is 1.45. The van der Waals surface area contributed by atoms with E-state index < -0.39 is 0 Å². The van der Waals surface area contributed by atoms with Gasteiger partial charge >= 0.3 is 0 Å². The van der Waals surface area contributed by atoms with Crippen LogP contribution in [0.2, 0.25) is 0 Å². The summed E-state index contributed by atoms with van der Waals surface area (Å²) in [5.74, 6) is 0. The van der Waals surface area contributed by atoms with Crippen molar-refractivity contribution in [2.45, 2.75) is 70.9 Å². The van der Waals surface area contributed by atoms with Gasteiger partial charge in [0, 0.05) is 38.8 Å². The van der Waals surface area contributed by atoms with Crippen LogP contribution in [0.5, 0.6) is 0 Å². The maximum Gasteiger partial charge on any atom is 0.0589 e. The molecule has 2 aliphatic carbocycles. The average molecular weight is 282 g/mol. The van der Waals surface area contributed by atoms with Crippen LogP contribution in [0.1, 0.15) is 58.8 Å². The zero-order chi connectivity index (χ0) is 14.4. The van der Waals surface area contributed by atoms with E-state index in [9.17, 15) is 0 Å². The molecular formula is C17H34N2O. The molecule has 0 aromatic heterocycles. The first-order valence-electron chi connectivity index (χ1n) is 8.62. The number of methoxy groups -OCH3 is 1. The Morgan fingerprint density at radius 3 is 2.45 bits per heavy atom. The molecule has 0 radical (unpaired) electrons. The van der Waals surface area contributed by atoms with Crippen LogP contribution in [-0.2, 0) is 4.74 Å². The average Bonchev–Trinajstić information content (AvgIpc) is 3.26. The Bertz CT molecular complexity index is 270. The lowest BCUT2D eigenvalue weighted by Gasteiger charge is -2.43. The highest BCUT2D eigenvalue weighted by Crippen LogP contribution is 2.37. The molecule has 0 spiro atoms. The molecule has 0 unspecified atom stereocenters. The van der Waals surface area contributed by atoms with Gasteiger partial charge in [-0.1, -0.05) is 19.3 Å². The fourth-order valence-corrected chi connectivity index (χ4v) is 3.50. The van der Waals surface area contributed by atoms with Gasteiger partial charge in [-0.25, -0.2) is 0 Å². The summed E-state index contributed by atoms with van der Waals surface area (Å²) >= 11 is 0. The monoisotopic (exact) mass is 282 g/mol. The molecule has 2 fully saturated rings. The van der Waals surface area contributed by atoms with Gasteiger partial charge in [-0.3, -0.25) is 4.90 Å². The molecule has 0 aromatic rings. The van der Waals surface area contributed by atoms with Crippen LogP contribution in [0.15, 0.2) is 0 Å². The number of ether oxygens (including phenoxy) is 1. The minimum Gasteiger partial charge on any atom is -0.383 e. The molecule has 0 atom stereocenters. The Morgan fingerprint density at radius 1 is 1.20 bits per heavy atom. The maximum atomic E-state index is 5.30. The van der Waals surface area contributed by atoms with E-state index in [4.69, 9.17) is 4.74 Å². The largest absolute Gasteiger partial charge is 0.383 e. The summed E-state index contributed by atoms with van der Waals surface area (Å²) in [5.41, 5.74) is 0.513. The van der Waals surface area contributed by atoms with Crippen LogP contribution in [0, 0.1) is 5.41 Å². The van der Waals surface area contributed by atoms with Crippen LogP contribution in [0.4, 0.5) is 0 Å². The molecule has 0 aliphatic heterocycles. The minimum atomic E-state index is 0.513. The Labute approximate surface area is 125 Å². The number of nitrogens with zero attached hydrogens (tertiary/aromatic N) is 1. The quantitative estimate of drug-likeness (QED) is 0.703. The van der Waals surface area contributed by atoms with E-state index in [0.717, 1.165) is 19.2 Å². The fourth-order valence-electron chi connectivity index (χ4n) is 3.50. The first-order valence-corrected chi connectivity index (χ1v) is 8.62. The molecule has 3 nitrogen and oxygen atoms in total. The van der Waals surface area contributed by atoms with Gasteiger partial charge in [0.05, 0.1) is 6.61 Å². The summed E-state index contributed by atoms with van der Waals surface area (Å²) in [7, 11) is 1.81. The van der Waals surface area contributed by atoms with E-state index >= 15 is 0 Å². The lowest BCUT2D eigenvalue weighted by Crippen LogP contribution is -2.48. The van der Waals surface area contributed by atoms with E-state index in [0.29, 0.717) is 11.5 Å². The number of rotatable bonds is 9. The van der Waals surface area contributed by atoms with Crippen LogP contribution in [0.25, 0.3) is 0 Å². The smallest absolute Gasteiger partial charge is 0.0589 e. The summed E-state index contributed by atoms with van der Waals surface area (Å²) in [4.78, 5) is 2.63. The molecule has 0 heterocycles. The highest BCUT2D eigenvalue weighted by molar-refractivity contribution is 4.92. The van der Waals surface area contributed by atoms with Gasteiger partial charge in [0.2, 0.25) is 0 Å². The zero-order valence-corrected chi connectivity index (χ0v) is 13.8. The van der Waals surface area contributed by atoms with Crippen LogP contribution >= 0.6 is 0 Å².